The van der Waals surface area contributed by atoms with E-state index < -0.39 is 71.4 Å². The predicted octanol–water partition coefficient (Wildman–Crippen LogP) is -2.97. The highest BCUT2D eigenvalue weighted by Gasteiger charge is 2.50. The van der Waals surface area contributed by atoms with Gasteiger partial charge in [-0.05, 0) is 0 Å². The Balaban J connectivity index is 5.86. The van der Waals surface area contributed by atoms with E-state index in [2.05, 4.69) is 4.74 Å². The number of ether oxygens (including phenoxy) is 1. The number of carboxylic acid groups (broad SMARTS) is 6. The Labute approximate surface area is 146 Å². The van der Waals surface area contributed by atoms with Crippen molar-refractivity contribution < 1.29 is 73.7 Å². The second-order valence-corrected chi connectivity index (χ2v) is 4.68. The van der Waals surface area contributed by atoms with Crippen LogP contribution in [0.15, 0.2) is 0 Å². The van der Waals surface area contributed by atoms with Gasteiger partial charge in [-0.1, -0.05) is 0 Å². The lowest BCUT2D eigenvalue weighted by molar-refractivity contribution is -0.183. The van der Waals surface area contributed by atoms with Crippen molar-refractivity contribution in [3.8, 4) is 0 Å². The summed E-state index contributed by atoms with van der Waals surface area (Å²) in [6, 6.07) is 0. The first-order chi connectivity index (χ1) is 12.2. The molecule has 27 heavy (non-hydrogen) atoms. The molecule has 0 aromatic carbocycles. The van der Waals surface area contributed by atoms with Crippen LogP contribution < -0.4 is 0 Å². The number of hydrogen-bond acceptors (Lipinski definition) is 9. The van der Waals surface area contributed by atoms with Crippen LogP contribution in [0.3, 0.4) is 0 Å². The fourth-order valence-electron chi connectivity index (χ4n) is 1.77. The van der Waals surface area contributed by atoms with E-state index in [-0.39, 0.29) is 0 Å². The quantitative estimate of drug-likeness (QED) is 0.159. The smallest absolute Gasteiger partial charge is 0.329 e. The summed E-state index contributed by atoms with van der Waals surface area (Å²) in [6.45, 7) is 0. The van der Waals surface area contributed by atoms with Gasteiger partial charge >= 0.3 is 47.8 Å². The van der Waals surface area contributed by atoms with Crippen molar-refractivity contribution in [1.29, 1.82) is 0 Å². The number of aliphatic carboxylic acids is 6. The van der Waals surface area contributed by atoms with E-state index in [0.29, 0.717) is 0 Å². The van der Waals surface area contributed by atoms with Crippen molar-refractivity contribution in [2.75, 3.05) is 0 Å². The third kappa shape index (κ3) is 5.48. The van der Waals surface area contributed by atoms with Gasteiger partial charge in [0.25, 0.3) is 0 Å². The molecule has 2 unspecified atom stereocenters. The van der Waals surface area contributed by atoms with Gasteiger partial charge in [-0.25, -0.2) is 0 Å². The molecular formula is C12H10O15. The van der Waals surface area contributed by atoms with Gasteiger partial charge in [0.05, 0.1) is 0 Å². The highest BCUT2D eigenvalue weighted by atomic mass is 16.6. The molecule has 0 aliphatic heterocycles. The Kier molecular flexibility index (Phi) is 7.55. The molecule has 0 amide bonds. The maximum Gasteiger partial charge on any atom is 0.329 e. The SMILES string of the molecule is O=C(O)C(C(=O)O)C(C(=O)O)C(=O)OC(=O)C(C(=O)O)C(C(=O)O)C(=O)O. The third-order valence-electron chi connectivity index (χ3n) is 2.97. The van der Waals surface area contributed by atoms with Crippen molar-refractivity contribution >= 4 is 47.8 Å². The Morgan fingerprint density at radius 1 is 0.407 bits per heavy atom. The fraction of sp³-hybridized carbons (Fsp3) is 0.333. The molecular weight excluding hydrogens is 384 g/mol. The number of esters is 2. The zero-order chi connectivity index (χ0) is 21.6. The molecule has 6 N–H and O–H groups in total. The van der Waals surface area contributed by atoms with Crippen molar-refractivity contribution in [2.45, 2.75) is 0 Å². The van der Waals surface area contributed by atoms with Crippen LogP contribution in [0.2, 0.25) is 0 Å². The molecule has 0 rings (SSSR count). The van der Waals surface area contributed by atoms with Crippen LogP contribution in [-0.4, -0.2) is 78.4 Å². The average molecular weight is 394 g/mol. The molecule has 0 aromatic rings. The zero-order valence-corrected chi connectivity index (χ0v) is 12.7. The second kappa shape index (κ2) is 8.88. The topological polar surface area (TPSA) is 267 Å². The summed E-state index contributed by atoms with van der Waals surface area (Å²) in [4.78, 5) is 88.6. The monoisotopic (exact) mass is 394 g/mol. The molecule has 148 valence electrons. The third-order valence-corrected chi connectivity index (χ3v) is 2.97. The first-order valence-corrected chi connectivity index (χ1v) is 6.36. The van der Waals surface area contributed by atoms with Crippen LogP contribution in [0, 0.1) is 23.7 Å². The molecule has 0 spiro atoms. The first kappa shape index (κ1) is 23.0. The molecule has 2 atom stereocenters. The minimum absolute atomic E-state index is 2.32. The molecule has 0 fully saturated rings. The summed E-state index contributed by atoms with van der Waals surface area (Å²) in [5, 5.41) is 52.4. The number of carbonyl (C=O) groups is 8. The summed E-state index contributed by atoms with van der Waals surface area (Å²) in [7, 11) is 0. The maximum atomic E-state index is 11.7. The number of carboxylic acids is 6. The lowest BCUT2D eigenvalue weighted by atomic mass is 9.91. The zero-order valence-electron chi connectivity index (χ0n) is 12.7. The lowest BCUT2D eigenvalue weighted by Gasteiger charge is -2.18. The van der Waals surface area contributed by atoms with E-state index >= 15 is 0 Å². The van der Waals surface area contributed by atoms with Gasteiger partial charge in [-0.15, -0.1) is 0 Å². The summed E-state index contributed by atoms with van der Waals surface area (Å²) < 4.78 is 3.77. The Hall–Kier alpha value is -4.04. The van der Waals surface area contributed by atoms with E-state index in [9.17, 15) is 38.4 Å². The van der Waals surface area contributed by atoms with Gasteiger partial charge in [-0.3, -0.25) is 38.4 Å². The largest absolute Gasteiger partial charge is 0.481 e. The van der Waals surface area contributed by atoms with Crippen LogP contribution >= 0.6 is 0 Å². The van der Waals surface area contributed by atoms with Crippen molar-refractivity contribution in [1.82, 2.24) is 0 Å². The van der Waals surface area contributed by atoms with E-state index in [0.717, 1.165) is 0 Å². The maximum absolute atomic E-state index is 11.7. The Morgan fingerprint density at radius 2 is 0.593 bits per heavy atom. The number of carbonyl (C=O) groups excluding carboxylic acids is 2. The fourth-order valence-corrected chi connectivity index (χ4v) is 1.77. The van der Waals surface area contributed by atoms with Crippen LogP contribution in [0.4, 0.5) is 0 Å². The van der Waals surface area contributed by atoms with Crippen LogP contribution in [0.25, 0.3) is 0 Å². The van der Waals surface area contributed by atoms with Gasteiger partial charge in [0.1, 0.15) is 0 Å². The average Bonchev–Trinajstić information content (AvgIpc) is 2.46. The summed E-state index contributed by atoms with van der Waals surface area (Å²) in [5.74, 6) is -30.6. The van der Waals surface area contributed by atoms with Crippen LogP contribution in [0.5, 0.6) is 0 Å². The normalized spacial score (nSPS) is 12.7. The Morgan fingerprint density at radius 3 is 0.741 bits per heavy atom. The van der Waals surface area contributed by atoms with E-state index in [1.54, 1.807) is 0 Å². The lowest BCUT2D eigenvalue weighted by Crippen LogP contribution is -2.45. The number of rotatable bonds is 10. The van der Waals surface area contributed by atoms with Gasteiger partial charge < -0.3 is 35.4 Å². The summed E-state index contributed by atoms with van der Waals surface area (Å²) >= 11 is 0. The second-order valence-electron chi connectivity index (χ2n) is 4.68. The molecule has 0 saturated heterocycles. The molecule has 0 aliphatic carbocycles. The highest BCUT2D eigenvalue weighted by Crippen LogP contribution is 2.20. The molecule has 0 aliphatic rings. The molecule has 15 nitrogen and oxygen atoms in total. The molecule has 15 heteroatoms. The highest BCUT2D eigenvalue weighted by molar-refractivity contribution is 6.11. The van der Waals surface area contributed by atoms with Crippen LogP contribution in [0.1, 0.15) is 0 Å². The molecule has 0 bridgehead atoms. The standard InChI is InChI=1S/C12H10O15/c13-5(14)1(6(15)16)3(9(21)22)11(25)27-12(26)4(10(23)24)2(7(17)18)8(19)20/h1-4H,(H,13,14)(H,15,16)(H,17,18)(H,19,20)(H,21,22)(H,23,24). The molecule has 0 saturated carbocycles. The first-order valence-electron chi connectivity index (χ1n) is 6.36. The van der Waals surface area contributed by atoms with E-state index in [1.807, 2.05) is 0 Å². The van der Waals surface area contributed by atoms with Gasteiger partial charge in [0.15, 0.2) is 23.7 Å². The summed E-state index contributed by atoms with van der Waals surface area (Å²) in [6.07, 6.45) is 0. The van der Waals surface area contributed by atoms with Crippen molar-refractivity contribution in [2.24, 2.45) is 23.7 Å². The van der Waals surface area contributed by atoms with Gasteiger partial charge in [-0.2, -0.15) is 0 Å². The summed E-state index contributed by atoms with van der Waals surface area (Å²) in [5.41, 5.74) is 0. The van der Waals surface area contributed by atoms with Crippen molar-refractivity contribution in [3.05, 3.63) is 0 Å². The van der Waals surface area contributed by atoms with Gasteiger partial charge in [0, 0.05) is 0 Å². The Bertz CT molecular complexity index is 630. The molecule has 0 aromatic heterocycles. The minimum atomic E-state index is -3.02. The van der Waals surface area contributed by atoms with Gasteiger partial charge in [0.2, 0.25) is 0 Å². The predicted molar refractivity (Wildman–Crippen MR) is 70.9 cm³/mol. The van der Waals surface area contributed by atoms with E-state index in [4.69, 9.17) is 30.6 Å². The molecule has 0 heterocycles. The minimum Gasteiger partial charge on any atom is -0.481 e. The van der Waals surface area contributed by atoms with Crippen molar-refractivity contribution in [3.63, 3.8) is 0 Å². The van der Waals surface area contributed by atoms with Crippen LogP contribution in [-0.2, 0) is 43.1 Å². The molecule has 0 radical (unpaired) electrons. The number of hydrogen-bond donors (Lipinski definition) is 6. The van der Waals surface area contributed by atoms with E-state index in [1.165, 1.54) is 0 Å².